The summed E-state index contributed by atoms with van der Waals surface area (Å²) in [7, 11) is -1.99. The molecule has 6 nitrogen and oxygen atoms in total. The maximum atomic E-state index is 12.9. The van der Waals surface area contributed by atoms with Crippen LogP contribution in [0.15, 0.2) is 35.4 Å². The van der Waals surface area contributed by atoms with Crippen LogP contribution >= 0.6 is 11.6 Å². The number of rotatable bonds is 4. The van der Waals surface area contributed by atoms with Gasteiger partial charge in [0.1, 0.15) is 5.82 Å². The third-order valence-electron chi connectivity index (χ3n) is 4.01. The predicted molar refractivity (Wildman–Crippen MR) is 86.7 cm³/mol. The lowest BCUT2D eigenvalue weighted by molar-refractivity contribution is 0.173. The zero-order valence-corrected chi connectivity index (χ0v) is 14.5. The second-order valence-corrected chi connectivity index (χ2v) is 7.77. The van der Waals surface area contributed by atoms with Crippen LogP contribution in [-0.4, -0.2) is 35.9 Å². The van der Waals surface area contributed by atoms with Crippen LogP contribution in [0.25, 0.3) is 0 Å². The van der Waals surface area contributed by atoms with Crippen molar-refractivity contribution in [1.82, 2.24) is 13.9 Å². The molecule has 0 saturated heterocycles. The lowest BCUT2D eigenvalue weighted by atomic mass is 10.2. The second-order valence-electron chi connectivity index (χ2n) is 5.44. The molecule has 1 unspecified atom stereocenters. The molecule has 3 rings (SSSR count). The van der Waals surface area contributed by atoms with Crippen LogP contribution in [-0.2, 0) is 27.9 Å². The number of fused-ring (bicyclic) bond motifs is 1. The SMILES string of the molecule is COCc1cnc2n1CCN(S(=O)(=O)c1cccc(Cl)c1)C2C. The van der Waals surface area contributed by atoms with E-state index in [0.717, 1.165) is 11.5 Å². The lowest BCUT2D eigenvalue weighted by Crippen LogP contribution is -2.41. The van der Waals surface area contributed by atoms with E-state index in [-0.39, 0.29) is 10.9 Å². The highest BCUT2D eigenvalue weighted by Crippen LogP contribution is 2.31. The fraction of sp³-hybridized carbons (Fsp3) is 0.400. The molecule has 0 fully saturated rings. The Morgan fingerprint density at radius 2 is 2.17 bits per heavy atom. The van der Waals surface area contributed by atoms with E-state index in [1.54, 1.807) is 31.5 Å². The van der Waals surface area contributed by atoms with Crippen molar-refractivity contribution in [3.8, 4) is 0 Å². The molecule has 0 aliphatic carbocycles. The topological polar surface area (TPSA) is 64.4 Å². The largest absolute Gasteiger partial charge is 0.378 e. The average Bonchev–Trinajstić information content (AvgIpc) is 2.92. The van der Waals surface area contributed by atoms with Gasteiger partial charge >= 0.3 is 0 Å². The van der Waals surface area contributed by atoms with Crippen molar-refractivity contribution in [3.63, 3.8) is 0 Å². The van der Waals surface area contributed by atoms with Gasteiger partial charge in [-0.1, -0.05) is 17.7 Å². The van der Waals surface area contributed by atoms with E-state index in [1.807, 2.05) is 11.5 Å². The number of imidazole rings is 1. The monoisotopic (exact) mass is 355 g/mol. The molecule has 124 valence electrons. The maximum absolute atomic E-state index is 12.9. The number of nitrogens with zero attached hydrogens (tertiary/aromatic N) is 3. The molecule has 0 amide bonds. The van der Waals surface area contributed by atoms with Crippen molar-refractivity contribution in [3.05, 3.63) is 47.0 Å². The first-order valence-electron chi connectivity index (χ1n) is 7.26. The first-order chi connectivity index (χ1) is 10.9. The van der Waals surface area contributed by atoms with E-state index >= 15 is 0 Å². The number of hydrogen-bond donors (Lipinski definition) is 0. The molecule has 0 bridgehead atoms. The van der Waals surface area contributed by atoms with Crippen LogP contribution in [0.5, 0.6) is 0 Å². The summed E-state index contributed by atoms with van der Waals surface area (Å²) in [6.07, 6.45) is 1.74. The third-order valence-corrected chi connectivity index (χ3v) is 6.21. The standard InChI is InChI=1S/C15H18ClN3O3S/c1-11-15-17-9-13(10-22-2)18(15)6-7-19(11)23(20,21)14-5-3-4-12(16)8-14/h3-5,8-9,11H,6-7,10H2,1-2H3. The molecule has 0 spiro atoms. The van der Waals surface area contributed by atoms with Gasteiger partial charge in [-0.2, -0.15) is 4.31 Å². The lowest BCUT2D eigenvalue weighted by Gasteiger charge is -2.33. The van der Waals surface area contributed by atoms with Crippen molar-refractivity contribution in [2.75, 3.05) is 13.7 Å². The van der Waals surface area contributed by atoms with Crippen molar-refractivity contribution in [2.45, 2.75) is 31.0 Å². The number of hydrogen-bond acceptors (Lipinski definition) is 4. The van der Waals surface area contributed by atoms with E-state index in [4.69, 9.17) is 16.3 Å². The number of aromatic nitrogens is 2. The van der Waals surface area contributed by atoms with Crippen LogP contribution in [0.1, 0.15) is 24.5 Å². The van der Waals surface area contributed by atoms with Crippen molar-refractivity contribution >= 4 is 21.6 Å². The summed E-state index contributed by atoms with van der Waals surface area (Å²) in [6.45, 7) is 3.24. The van der Waals surface area contributed by atoms with Gasteiger partial charge in [0.15, 0.2) is 0 Å². The van der Waals surface area contributed by atoms with Crippen LogP contribution in [0.3, 0.4) is 0 Å². The van der Waals surface area contributed by atoms with Crippen LogP contribution < -0.4 is 0 Å². The van der Waals surface area contributed by atoms with Gasteiger partial charge in [-0.3, -0.25) is 0 Å². The van der Waals surface area contributed by atoms with Gasteiger partial charge in [0.25, 0.3) is 0 Å². The fourth-order valence-corrected chi connectivity index (χ4v) is 4.78. The molecule has 2 heterocycles. The zero-order chi connectivity index (χ0) is 16.6. The molecule has 1 aromatic carbocycles. The minimum Gasteiger partial charge on any atom is -0.378 e. The highest BCUT2D eigenvalue weighted by atomic mass is 35.5. The van der Waals surface area contributed by atoms with Crippen molar-refractivity contribution in [1.29, 1.82) is 0 Å². The van der Waals surface area contributed by atoms with Crippen molar-refractivity contribution in [2.24, 2.45) is 0 Å². The van der Waals surface area contributed by atoms with E-state index < -0.39 is 10.0 Å². The maximum Gasteiger partial charge on any atom is 0.243 e. The molecule has 8 heteroatoms. The van der Waals surface area contributed by atoms with Gasteiger partial charge in [-0.05, 0) is 25.1 Å². The van der Waals surface area contributed by atoms with E-state index in [9.17, 15) is 8.42 Å². The predicted octanol–water partition coefficient (Wildman–Crippen LogP) is 2.45. The summed E-state index contributed by atoms with van der Waals surface area (Å²) in [5.74, 6) is 0.730. The molecule has 1 aliphatic rings. The quantitative estimate of drug-likeness (QED) is 0.845. The molecule has 0 N–H and O–H groups in total. The number of ether oxygens (including phenoxy) is 1. The molecule has 1 atom stereocenters. The van der Waals surface area contributed by atoms with Crippen LogP contribution in [0.4, 0.5) is 0 Å². The molecule has 1 aromatic heterocycles. The molecular formula is C15H18ClN3O3S. The van der Waals surface area contributed by atoms with Crippen LogP contribution in [0, 0.1) is 0 Å². The highest BCUT2D eigenvalue weighted by molar-refractivity contribution is 7.89. The summed E-state index contributed by atoms with van der Waals surface area (Å²) < 4.78 is 34.4. The van der Waals surface area contributed by atoms with Gasteiger partial charge in [0, 0.05) is 25.2 Å². The fourth-order valence-electron chi connectivity index (χ4n) is 2.89. The van der Waals surface area contributed by atoms with E-state index in [2.05, 4.69) is 4.98 Å². The summed E-state index contributed by atoms with van der Waals surface area (Å²) in [4.78, 5) is 4.58. The first-order valence-corrected chi connectivity index (χ1v) is 9.07. The zero-order valence-electron chi connectivity index (χ0n) is 12.9. The molecular weight excluding hydrogens is 338 g/mol. The Morgan fingerprint density at radius 1 is 1.39 bits per heavy atom. The van der Waals surface area contributed by atoms with Gasteiger partial charge in [-0.25, -0.2) is 13.4 Å². The van der Waals surface area contributed by atoms with Gasteiger partial charge in [0.05, 0.1) is 29.4 Å². The smallest absolute Gasteiger partial charge is 0.243 e. The highest BCUT2D eigenvalue weighted by Gasteiger charge is 2.35. The second kappa shape index (κ2) is 6.24. The normalized spacial score (nSPS) is 18.8. The molecule has 0 saturated carbocycles. The van der Waals surface area contributed by atoms with Gasteiger partial charge in [0.2, 0.25) is 10.0 Å². The summed E-state index contributed by atoms with van der Waals surface area (Å²) in [5, 5.41) is 0.402. The number of benzene rings is 1. The summed E-state index contributed by atoms with van der Waals surface area (Å²) >= 11 is 5.93. The number of methoxy groups -OCH3 is 1. The number of halogens is 1. The first kappa shape index (κ1) is 16.4. The van der Waals surface area contributed by atoms with E-state index in [1.165, 1.54) is 10.4 Å². The summed E-state index contributed by atoms with van der Waals surface area (Å²) in [6, 6.07) is 5.98. The van der Waals surface area contributed by atoms with Gasteiger partial charge in [-0.15, -0.1) is 0 Å². The molecule has 0 radical (unpaired) electrons. The molecule has 1 aliphatic heterocycles. The Kier molecular flexibility index (Phi) is 4.46. The Hall–Kier alpha value is -1.41. The Morgan fingerprint density at radius 3 is 2.87 bits per heavy atom. The Balaban J connectivity index is 1.96. The minimum absolute atomic E-state index is 0.203. The van der Waals surface area contributed by atoms with Gasteiger partial charge < -0.3 is 9.30 Å². The van der Waals surface area contributed by atoms with Crippen molar-refractivity contribution < 1.29 is 13.2 Å². The molecule has 23 heavy (non-hydrogen) atoms. The minimum atomic E-state index is -3.62. The number of sulfonamides is 1. The Labute approximate surface area is 140 Å². The average molecular weight is 356 g/mol. The Bertz CT molecular complexity index is 819. The summed E-state index contributed by atoms with van der Waals surface area (Å²) in [5.41, 5.74) is 0.953. The van der Waals surface area contributed by atoms with E-state index in [0.29, 0.717) is 24.7 Å². The third kappa shape index (κ3) is 2.89. The van der Waals surface area contributed by atoms with Crippen LogP contribution in [0.2, 0.25) is 5.02 Å². The molecule has 2 aromatic rings.